The summed E-state index contributed by atoms with van der Waals surface area (Å²) in [6, 6.07) is 5.81. The Kier molecular flexibility index (Phi) is 5.42. The van der Waals surface area contributed by atoms with Crippen molar-refractivity contribution >= 4 is 17.5 Å². The Morgan fingerprint density at radius 3 is 2.57 bits per heavy atom. The highest BCUT2D eigenvalue weighted by molar-refractivity contribution is 6.39. The summed E-state index contributed by atoms with van der Waals surface area (Å²) in [5.41, 5.74) is 2.76. The van der Waals surface area contributed by atoms with Gasteiger partial charge in [-0.25, -0.2) is 0 Å². The fraction of sp³-hybridized carbons (Fsp3) is 0.556. The largest absolute Gasteiger partial charge is 0.391 e. The fourth-order valence-electron chi connectivity index (χ4n) is 2.65. The van der Waals surface area contributed by atoms with Crippen LogP contribution >= 0.6 is 0 Å². The van der Waals surface area contributed by atoms with Gasteiger partial charge in [-0.2, -0.15) is 0 Å². The first-order chi connectivity index (χ1) is 10.8. The van der Waals surface area contributed by atoms with Crippen LogP contribution in [0, 0.1) is 5.41 Å². The number of carbonyl (C=O) groups excluding carboxylic acids is 2. The van der Waals surface area contributed by atoms with E-state index in [1.165, 1.54) is 5.56 Å². The van der Waals surface area contributed by atoms with Crippen molar-refractivity contribution in [3.8, 4) is 0 Å². The van der Waals surface area contributed by atoms with Gasteiger partial charge < -0.3 is 15.7 Å². The summed E-state index contributed by atoms with van der Waals surface area (Å²) in [7, 11) is 0. The molecule has 1 aliphatic rings. The highest BCUT2D eigenvalue weighted by atomic mass is 16.3. The van der Waals surface area contributed by atoms with Gasteiger partial charge in [0.1, 0.15) is 0 Å². The molecule has 1 aromatic carbocycles. The molecule has 0 bridgehead atoms. The lowest BCUT2D eigenvalue weighted by Gasteiger charge is -2.25. The fourth-order valence-corrected chi connectivity index (χ4v) is 2.65. The van der Waals surface area contributed by atoms with Gasteiger partial charge >= 0.3 is 11.8 Å². The van der Waals surface area contributed by atoms with Crippen LogP contribution in [0.4, 0.5) is 5.69 Å². The lowest BCUT2D eigenvalue weighted by molar-refractivity contribution is -0.136. The van der Waals surface area contributed by atoms with Crippen LogP contribution in [0.5, 0.6) is 0 Å². The second kappa shape index (κ2) is 7.13. The zero-order valence-electron chi connectivity index (χ0n) is 14.1. The van der Waals surface area contributed by atoms with Crippen LogP contribution in [-0.2, 0) is 22.4 Å². The Morgan fingerprint density at radius 1 is 1.17 bits per heavy atom. The maximum atomic E-state index is 12.1. The number of hydrogen-bond acceptors (Lipinski definition) is 3. The third-order valence-electron chi connectivity index (χ3n) is 4.31. The van der Waals surface area contributed by atoms with Gasteiger partial charge in [0.05, 0.1) is 6.10 Å². The van der Waals surface area contributed by atoms with Gasteiger partial charge in [0.15, 0.2) is 0 Å². The van der Waals surface area contributed by atoms with Crippen LogP contribution in [0.1, 0.15) is 44.7 Å². The van der Waals surface area contributed by atoms with E-state index in [1.54, 1.807) is 0 Å². The molecule has 0 spiro atoms. The number of amides is 2. The zero-order valence-corrected chi connectivity index (χ0v) is 14.1. The van der Waals surface area contributed by atoms with E-state index >= 15 is 0 Å². The maximum absolute atomic E-state index is 12.1. The molecule has 0 radical (unpaired) electrons. The average molecular weight is 318 g/mol. The van der Waals surface area contributed by atoms with Gasteiger partial charge in [-0.1, -0.05) is 32.9 Å². The molecule has 126 valence electrons. The zero-order chi connectivity index (χ0) is 17.0. The van der Waals surface area contributed by atoms with E-state index in [9.17, 15) is 14.7 Å². The van der Waals surface area contributed by atoms with Gasteiger partial charge in [-0.3, -0.25) is 9.59 Å². The summed E-state index contributed by atoms with van der Waals surface area (Å²) in [5.74, 6) is -1.41. The Bertz CT molecular complexity index is 590. The molecule has 0 unspecified atom stereocenters. The summed E-state index contributed by atoms with van der Waals surface area (Å²) < 4.78 is 0. The minimum Gasteiger partial charge on any atom is -0.391 e. The Morgan fingerprint density at radius 2 is 1.87 bits per heavy atom. The molecule has 0 aromatic heterocycles. The average Bonchev–Trinajstić information content (AvgIpc) is 2.51. The van der Waals surface area contributed by atoms with Crippen molar-refractivity contribution in [2.24, 2.45) is 5.41 Å². The van der Waals surface area contributed by atoms with E-state index in [0.29, 0.717) is 0 Å². The van der Waals surface area contributed by atoms with E-state index in [0.717, 1.165) is 36.9 Å². The summed E-state index contributed by atoms with van der Waals surface area (Å²) >= 11 is 0. The van der Waals surface area contributed by atoms with E-state index in [4.69, 9.17) is 0 Å². The minimum absolute atomic E-state index is 0.0582. The highest BCUT2D eigenvalue weighted by Crippen LogP contribution is 2.27. The number of aliphatic hydroxyl groups excluding tert-OH is 1. The van der Waals surface area contributed by atoms with Gasteiger partial charge in [-0.05, 0) is 48.3 Å². The van der Waals surface area contributed by atoms with Crippen molar-refractivity contribution in [2.75, 3.05) is 11.9 Å². The molecule has 0 saturated heterocycles. The van der Waals surface area contributed by atoms with Gasteiger partial charge in [0, 0.05) is 12.2 Å². The van der Waals surface area contributed by atoms with Crippen molar-refractivity contribution in [1.82, 2.24) is 5.32 Å². The van der Waals surface area contributed by atoms with E-state index < -0.39 is 17.9 Å². The molecule has 1 aromatic rings. The van der Waals surface area contributed by atoms with Crippen LogP contribution < -0.4 is 10.6 Å². The predicted octanol–water partition coefficient (Wildman–Crippen LogP) is 2.03. The minimum atomic E-state index is -0.721. The first-order valence-electron chi connectivity index (χ1n) is 8.17. The number of benzene rings is 1. The molecule has 0 aliphatic heterocycles. The maximum Gasteiger partial charge on any atom is 0.313 e. The number of anilines is 1. The molecule has 1 atom stereocenters. The Hall–Kier alpha value is -1.88. The van der Waals surface area contributed by atoms with Crippen molar-refractivity contribution in [2.45, 2.75) is 52.6 Å². The lowest BCUT2D eigenvalue weighted by atomic mass is 9.89. The monoisotopic (exact) mass is 318 g/mol. The molecule has 0 saturated carbocycles. The summed E-state index contributed by atoms with van der Waals surface area (Å²) in [5, 5.41) is 15.1. The Balaban J connectivity index is 1.96. The van der Waals surface area contributed by atoms with Crippen molar-refractivity contribution < 1.29 is 14.7 Å². The second-order valence-corrected chi connectivity index (χ2v) is 7.20. The topological polar surface area (TPSA) is 78.4 Å². The summed E-state index contributed by atoms with van der Waals surface area (Å²) in [6.07, 6.45) is 3.50. The molecule has 0 fully saturated rings. The highest BCUT2D eigenvalue weighted by Gasteiger charge is 2.24. The van der Waals surface area contributed by atoms with Crippen molar-refractivity contribution in [1.29, 1.82) is 0 Å². The molecule has 2 rings (SSSR count). The first-order valence-corrected chi connectivity index (χ1v) is 8.17. The van der Waals surface area contributed by atoms with Gasteiger partial charge in [0.25, 0.3) is 0 Å². The second-order valence-electron chi connectivity index (χ2n) is 7.20. The van der Waals surface area contributed by atoms with Crippen LogP contribution in [-0.4, -0.2) is 29.6 Å². The molecule has 0 heterocycles. The SMILES string of the molecule is CC(C)(C)[C@@H](O)CNC(=O)C(=O)Nc1cccc2c1CCCC2. The summed E-state index contributed by atoms with van der Waals surface area (Å²) in [6.45, 7) is 5.68. The van der Waals surface area contributed by atoms with E-state index in [2.05, 4.69) is 16.7 Å². The predicted molar refractivity (Wildman–Crippen MR) is 90.2 cm³/mol. The molecule has 5 nitrogen and oxygen atoms in total. The van der Waals surface area contributed by atoms with Crippen molar-refractivity contribution in [3.63, 3.8) is 0 Å². The number of rotatable bonds is 3. The van der Waals surface area contributed by atoms with Crippen molar-refractivity contribution in [3.05, 3.63) is 29.3 Å². The number of nitrogens with one attached hydrogen (secondary N) is 2. The van der Waals surface area contributed by atoms with E-state index in [-0.39, 0.29) is 12.0 Å². The molecule has 1 aliphatic carbocycles. The van der Waals surface area contributed by atoms with Crippen LogP contribution in [0.25, 0.3) is 0 Å². The summed E-state index contributed by atoms with van der Waals surface area (Å²) in [4.78, 5) is 24.0. The molecular weight excluding hydrogens is 292 g/mol. The number of aliphatic hydroxyl groups is 1. The number of hydrogen-bond donors (Lipinski definition) is 3. The third kappa shape index (κ3) is 4.55. The quantitative estimate of drug-likeness (QED) is 0.746. The lowest BCUT2D eigenvalue weighted by Crippen LogP contribution is -2.43. The molecule has 23 heavy (non-hydrogen) atoms. The van der Waals surface area contributed by atoms with E-state index in [1.807, 2.05) is 32.9 Å². The normalized spacial score (nSPS) is 15.5. The van der Waals surface area contributed by atoms with Crippen LogP contribution in [0.15, 0.2) is 18.2 Å². The molecule has 5 heteroatoms. The third-order valence-corrected chi connectivity index (χ3v) is 4.31. The van der Waals surface area contributed by atoms with Gasteiger partial charge in [0.2, 0.25) is 0 Å². The smallest absolute Gasteiger partial charge is 0.313 e. The number of carbonyl (C=O) groups is 2. The number of aryl methyl sites for hydroxylation is 1. The Labute approximate surface area is 137 Å². The first kappa shape index (κ1) is 17.5. The van der Waals surface area contributed by atoms with Crippen LogP contribution in [0.2, 0.25) is 0 Å². The van der Waals surface area contributed by atoms with Crippen LogP contribution in [0.3, 0.4) is 0 Å². The molecule has 3 N–H and O–H groups in total. The number of fused-ring (bicyclic) bond motifs is 1. The standard InChI is InChI=1S/C18H26N2O3/c1-18(2,3)15(21)11-19-16(22)17(23)20-14-10-6-8-12-7-4-5-9-13(12)14/h6,8,10,15,21H,4-5,7,9,11H2,1-3H3,(H,19,22)(H,20,23)/t15-/m0/s1. The van der Waals surface area contributed by atoms with Gasteiger partial charge in [-0.15, -0.1) is 0 Å². The molecular formula is C18H26N2O3. The molecule has 2 amide bonds.